The number of anilines is 1. The predicted octanol–water partition coefficient (Wildman–Crippen LogP) is 2.64. The number of carbonyl (C=O) groups is 1. The molecular formula is C20H21N3O3S2. The van der Waals surface area contributed by atoms with Crippen molar-refractivity contribution in [1.82, 2.24) is 4.90 Å². The highest BCUT2D eigenvalue weighted by atomic mass is 32.2. The van der Waals surface area contributed by atoms with Gasteiger partial charge in [0.15, 0.2) is 15.0 Å². The molecule has 6 nitrogen and oxygen atoms in total. The second kappa shape index (κ2) is 7.60. The van der Waals surface area contributed by atoms with E-state index in [0.29, 0.717) is 12.1 Å². The molecule has 2 heterocycles. The van der Waals surface area contributed by atoms with Gasteiger partial charge in [0.25, 0.3) is 5.91 Å². The monoisotopic (exact) mass is 415 g/mol. The first-order valence-corrected chi connectivity index (χ1v) is 11.7. The number of carbonyl (C=O) groups excluding carboxylic acids is 1. The third-order valence-electron chi connectivity index (χ3n) is 4.81. The van der Waals surface area contributed by atoms with Gasteiger partial charge in [0.05, 0.1) is 17.5 Å². The van der Waals surface area contributed by atoms with E-state index in [4.69, 9.17) is 0 Å². The summed E-state index contributed by atoms with van der Waals surface area (Å²) in [6.45, 7) is 0.554. The van der Waals surface area contributed by atoms with Gasteiger partial charge in [0.1, 0.15) is 0 Å². The largest absolute Gasteiger partial charge is 0.337 e. The van der Waals surface area contributed by atoms with Crippen molar-refractivity contribution in [3.63, 3.8) is 0 Å². The summed E-state index contributed by atoms with van der Waals surface area (Å²) in [5.41, 5.74) is 2.53. The number of sulfone groups is 1. The number of thioether (sulfide) groups is 1. The van der Waals surface area contributed by atoms with Gasteiger partial charge in [-0.05, 0) is 29.8 Å². The van der Waals surface area contributed by atoms with Gasteiger partial charge in [0.2, 0.25) is 0 Å². The van der Waals surface area contributed by atoms with Crippen LogP contribution in [0.25, 0.3) is 0 Å². The summed E-state index contributed by atoms with van der Waals surface area (Å²) < 4.78 is 23.3. The molecule has 0 bridgehead atoms. The molecule has 0 aliphatic carbocycles. The molecule has 0 saturated carbocycles. The van der Waals surface area contributed by atoms with Crippen LogP contribution in [0.2, 0.25) is 0 Å². The quantitative estimate of drug-likeness (QED) is 0.831. The minimum absolute atomic E-state index is 0.0139. The van der Waals surface area contributed by atoms with Crippen molar-refractivity contribution < 1.29 is 13.2 Å². The molecule has 2 aliphatic rings. The van der Waals surface area contributed by atoms with Crippen LogP contribution in [0.3, 0.4) is 0 Å². The summed E-state index contributed by atoms with van der Waals surface area (Å²) in [7, 11) is -1.16. The zero-order valence-electron chi connectivity index (χ0n) is 15.4. The van der Waals surface area contributed by atoms with Crippen LogP contribution >= 0.6 is 11.8 Å². The van der Waals surface area contributed by atoms with Crippen molar-refractivity contribution in [2.75, 3.05) is 23.9 Å². The van der Waals surface area contributed by atoms with Crippen LogP contribution < -0.4 is 5.32 Å². The van der Waals surface area contributed by atoms with E-state index >= 15 is 0 Å². The maximum absolute atomic E-state index is 12.6. The minimum atomic E-state index is -2.95. The fourth-order valence-electron chi connectivity index (χ4n) is 3.39. The van der Waals surface area contributed by atoms with Gasteiger partial charge in [-0.3, -0.25) is 9.79 Å². The Hall–Kier alpha value is -2.32. The van der Waals surface area contributed by atoms with Gasteiger partial charge in [0, 0.05) is 30.1 Å². The summed E-state index contributed by atoms with van der Waals surface area (Å²) in [5.74, 6) is 0.289. The first-order chi connectivity index (χ1) is 13.4. The van der Waals surface area contributed by atoms with Gasteiger partial charge in [-0.1, -0.05) is 42.1 Å². The number of nitrogens with one attached hydrogen (secondary N) is 1. The number of benzene rings is 2. The Bertz CT molecular complexity index is 1000. The number of fused-ring (bicyclic) bond motifs is 1. The molecule has 8 heteroatoms. The highest BCUT2D eigenvalue weighted by Crippen LogP contribution is 2.34. The zero-order chi connectivity index (χ0) is 19.7. The molecule has 2 aromatic carbocycles. The fourth-order valence-corrected chi connectivity index (χ4v) is 7.06. The van der Waals surface area contributed by atoms with Crippen molar-refractivity contribution >= 4 is 38.4 Å². The Morgan fingerprint density at radius 2 is 1.86 bits per heavy atom. The highest BCUT2D eigenvalue weighted by molar-refractivity contribution is 8.15. The number of rotatable bonds is 4. The highest BCUT2D eigenvalue weighted by Gasteiger charge is 2.42. The third kappa shape index (κ3) is 4.23. The maximum Gasteiger partial charge on any atom is 0.253 e. The van der Waals surface area contributed by atoms with Crippen molar-refractivity contribution in [2.24, 2.45) is 4.99 Å². The lowest BCUT2D eigenvalue weighted by Crippen LogP contribution is -2.26. The third-order valence-corrected chi connectivity index (χ3v) is 7.95. The van der Waals surface area contributed by atoms with E-state index in [9.17, 15) is 13.2 Å². The molecule has 2 atom stereocenters. The topological polar surface area (TPSA) is 78.8 Å². The Labute approximate surface area is 169 Å². The number of aliphatic imine (C=N–C) groups is 1. The second-order valence-electron chi connectivity index (χ2n) is 7.08. The van der Waals surface area contributed by atoms with Crippen LogP contribution in [0.1, 0.15) is 15.9 Å². The molecule has 2 aromatic rings. The molecule has 4 rings (SSSR count). The van der Waals surface area contributed by atoms with Gasteiger partial charge in [-0.25, -0.2) is 8.42 Å². The van der Waals surface area contributed by atoms with E-state index in [1.54, 1.807) is 24.1 Å². The van der Waals surface area contributed by atoms with Crippen LogP contribution in [0, 0.1) is 0 Å². The van der Waals surface area contributed by atoms with Crippen LogP contribution in [-0.4, -0.2) is 54.2 Å². The van der Waals surface area contributed by atoms with Crippen LogP contribution in [-0.2, 0) is 16.4 Å². The van der Waals surface area contributed by atoms with E-state index in [2.05, 4.69) is 10.3 Å². The van der Waals surface area contributed by atoms with Crippen molar-refractivity contribution in [1.29, 1.82) is 0 Å². The molecule has 146 valence electrons. The van der Waals surface area contributed by atoms with Gasteiger partial charge in [-0.15, -0.1) is 0 Å². The van der Waals surface area contributed by atoms with E-state index in [0.717, 1.165) is 16.4 Å². The zero-order valence-corrected chi connectivity index (χ0v) is 17.0. The molecule has 2 aliphatic heterocycles. The lowest BCUT2D eigenvalue weighted by atomic mass is 10.1. The molecular weight excluding hydrogens is 394 g/mol. The van der Waals surface area contributed by atoms with E-state index in [1.165, 1.54) is 11.8 Å². The van der Waals surface area contributed by atoms with Crippen molar-refractivity contribution in [3.05, 3.63) is 65.7 Å². The average Bonchev–Trinajstić information content (AvgIpc) is 3.15. The Morgan fingerprint density at radius 1 is 1.14 bits per heavy atom. The summed E-state index contributed by atoms with van der Waals surface area (Å²) in [6, 6.07) is 17.0. The molecule has 0 spiro atoms. The predicted molar refractivity (Wildman–Crippen MR) is 114 cm³/mol. The second-order valence-corrected chi connectivity index (χ2v) is 10.5. The van der Waals surface area contributed by atoms with Gasteiger partial charge >= 0.3 is 0 Å². The van der Waals surface area contributed by atoms with Crippen molar-refractivity contribution in [2.45, 2.75) is 17.8 Å². The Kier molecular flexibility index (Phi) is 5.16. The smallest absolute Gasteiger partial charge is 0.253 e. The fraction of sp³-hybridized carbons (Fsp3) is 0.300. The number of hydrogen-bond acceptors (Lipinski definition) is 6. The lowest BCUT2D eigenvalue weighted by Gasteiger charge is -2.17. The van der Waals surface area contributed by atoms with Crippen LogP contribution in [0.15, 0.2) is 59.6 Å². The molecule has 1 amide bonds. The Morgan fingerprint density at radius 3 is 2.54 bits per heavy atom. The van der Waals surface area contributed by atoms with Crippen LogP contribution in [0.5, 0.6) is 0 Å². The van der Waals surface area contributed by atoms with Gasteiger partial charge < -0.3 is 10.2 Å². The average molecular weight is 416 g/mol. The normalized spacial score (nSPS) is 22.4. The summed E-state index contributed by atoms with van der Waals surface area (Å²) in [6.07, 6.45) is 0. The SMILES string of the molecule is CN(Cc1ccccc1)C(=O)c1ccc(NC2=N[C@@H]3CS(=O)(=O)C[C@@H]3S2)cc1. The number of amidine groups is 1. The van der Waals surface area contributed by atoms with Crippen molar-refractivity contribution in [3.8, 4) is 0 Å². The minimum Gasteiger partial charge on any atom is -0.337 e. The molecule has 1 N–H and O–H groups in total. The standard InChI is InChI=1S/C20H21N3O3S2/c1-23(11-14-5-3-2-4-6-14)19(24)15-7-9-16(10-8-15)21-20-22-17-12-28(25,26)13-18(17)27-20/h2-10,17-18H,11-13H2,1H3,(H,21,22)/t17-,18+/m1/s1. The first kappa shape index (κ1) is 19.0. The van der Waals surface area contributed by atoms with Crippen LogP contribution in [0.4, 0.5) is 5.69 Å². The number of amides is 1. The molecule has 0 aromatic heterocycles. The molecule has 1 saturated heterocycles. The Balaban J connectivity index is 1.37. The first-order valence-electron chi connectivity index (χ1n) is 9.01. The summed E-state index contributed by atoms with van der Waals surface area (Å²) in [5, 5.41) is 3.98. The molecule has 0 unspecified atom stereocenters. The summed E-state index contributed by atoms with van der Waals surface area (Å²) >= 11 is 1.48. The molecule has 28 heavy (non-hydrogen) atoms. The summed E-state index contributed by atoms with van der Waals surface area (Å²) in [4.78, 5) is 18.8. The number of nitrogens with zero attached hydrogens (tertiary/aromatic N) is 2. The van der Waals surface area contributed by atoms with E-state index < -0.39 is 9.84 Å². The van der Waals surface area contributed by atoms with Gasteiger partial charge in [-0.2, -0.15) is 0 Å². The molecule has 0 radical (unpaired) electrons. The lowest BCUT2D eigenvalue weighted by molar-refractivity contribution is 0.0785. The molecule has 1 fully saturated rings. The van der Waals surface area contributed by atoms with E-state index in [1.807, 2.05) is 42.5 Å². The number of hydrogen-bond donors (Lipinski definition) is 1. The maximum atomic E-state index is 12.6. The van der Waals surface area contributed by atoms with E-state index in [-0.39, 0.29) is 28.7 Å².